The van der Waals surface area contributed by atoms with E-state index in [0.717, 1.165) is 82.3 Å². The average molecular weight is 925 g/mol. The van der Waals surface area contributed by atoms with Crippen molar-refractivity contribution in [3.8, 4) is 5.75 Å². The van der Waals surface area contributed by atoms with Gasteiger partial charge in [0.25, 0.3) is 17.4 Å². The number of halogens is 2. The predicted molar refractivity (Wildman–Crippen MR) is 245 cm³/mol. The number of likely N-dealkylation sites (tertiary alicyclic amines) is 1. The first-order valence-corrected chi connectivity index (χ1v) is 23.3. The summed E-state index contributed by atoms with van der Waals surface area (Å²) >= 11 is 6.60. The Bertz CT molecular complexity index is 2680. The van der Waals surface area contributed by atoms with Crippen LogP contribution in [0.25, 0.3) is 10.9 Å². The van der Waals surface area contributed by atoms with Crippen molar-refractivity contribution in [1.29, 1.82) is 0 Å². The maximum Gasteiger partial charge on any atom is 0.293 e. The van der Waals surface area contributed by atoms with Gasteiger partial charge in [-0.2, -0.15) is 4.98 Å². The summed E-state index contributed by atoms with van der Waals surface area (Å²) in [6.07, 6.45) is 7.07. The minimum absolute atomic E-state index is 0.0234. The van der Waals surface area contributed by atoms with Crippen LogP contribution in [-0.4, -0.2) is 125 Å². The number of ether oxygens (including phenoxy) is 2. The van der Waals surface area contributed by atoms with E-state index in [1.165, 1.54) is 11.9 Å². The molecule has 66 heavy (non-hydrogen) atoms. The van der Waals surface area contributed by atoms with Gasteiger partial charge in [0.1, 0.15) is 11.1 Å². The van der Waals surface area contributed by atoms with E-state index in [0.29, 0.717) is 45.3 Å². The summed E-state index contributed by atoms with van der Waals surface area (Å²) in [5, 5.41) is 9.25. The summed E-state index contributed by atoms with van der Waals surface area (Å²) < 4.78 is 29.9. The van der Waals surface area contributed by atoms with Gasteiger partial charge in [-0.25, -0.2) is 9.37 Å². The van der Waals surface area contributed by atoms with Crippen molar-refractivity contribution in [3.05, 3.63) is 74.9 Å². The highest BCUT2D eigenvalue weighted by molar-refractivity contribution is 6.33. The smallest absolute Gasteiger partial charge is 0.293 e. The number of anilines is 4. The zero-order chi connectivity index (χ0) is 46.0. The van der Waals surface area contributed by atoms with Gasteiger partial charge < -0.3 is 39.4 Å². The third kappa shape index (κ3) is 8.20. The van der Waals surface area contributed by atoms with Gasteiger partial charge >= 0.3 is 0 Å². The second-order valence-electron chi connectivity index (χ2n) is 19.0. The molecule has 4 aromatic rings. The van der Waals surface area contributed by atoms with Crippen molar-refractivity contribution in [2.24, 2.45) is 5.41 Å². The van der Waals surface area contributed by atoms with Gasteiger partial charge in [0.05, 0.1) is 36.2 Å². The highest BCUT2D eigenvalue weighted by atomic mass is 35.5. The zero-order valence-corrected chi connectivity index (χ0v) is 38.0. The molecule has 19 heteroatoms. The van der Waals surface area contributed by atoms with Crippen LogP contribution in [0, 0.1) is 11.2 Å². The molecule has 0 radical (unpaired) electrons. The van der Waals surface area contributed by atoms with E-state index in [1.807, 2.05) is 32.0 Å². The molecular formula is C47H54ClFN10O7. The van der Waals surface area contributed by atoms with E-state index >= 15 is 4.39 Å². The number of nitrogens with one attached hydrogen (secondary N) is 3. The maximum absolute atomic E-state index is 16.1. The number of pyridine rings is 1. The van der Waals surface area contributed by atoms with Crippen LogP contribution in [0.1, 0.15) is 80.8 Å². The highest BCUT2D eigenvalue weighted by Gasteiger charge is 2.52. The average Bonchev–Trinajstić information content (AvgIpc) is 3.87. The van der Waals surface area contributed by atoms with Crippen molar-refractivity contribution in [2.75, 3.05) is 68.0 Å². The van der Waals surface area contributed by atoms with E-state index < -0.39 is 17.8 Å². The van der Waals surface area contributed by atoms with Gasteiger partial charge in [0.15, 0.2) is 24.0 Å². The Balaban J connectivity index is 0.690. The Labute approximate surface area is 385 Å². The summed E-state index contributed by atoms with van der Waals surface area (Å²) in [6.45, 7) is 8.54. The number of amides is 4. The lowest BCUT2D eigenvalue weighted by Crippen LogP contribution is -2.64. The first kappa shape index (κ1) is 44.0. The number of aromatic nitrogens is 3. The summed E-state index contributed by atoms with van der Waals surface area (Å²) in [7, 11) is 1.51. The molecule has 4 saturated heterocycles. The van der Waals surface area contributed by atoms with E-state index in [1.54, 1.807) is 29.0 Å². The highest BCUT2D eigenvalue weighted by Crippen LogP contribution is 2.46. The molecule has 5 fully saturated rings. The van der Waals surface area contributed by atoms with Crippen LogP contribution in [0.15, 0.2) is 47.4 Å². The molecule has 4 amide bonds. The van der Waals surface area contributed by atoms with Crippen LogP contribution in [0.2, 0.25) is 5.02 Å². The monoisotopic (exact) mass is 924 g/mol. The third-order valence-corrected chi connectivity index (χ3v) is 14.6. The number of benzene rings is 2. The first-order valence-electron chi connectivity index (χ1n) is 22.9. The summed E-state index contributed by atoms with van der Waals surface area (Å²) in [5.41, 5.74) is 2.37. The number of hydrogen-bond acceptors (Lipinski definition) is 13. The number of likely N-dealkylation sites (N-methyl/N-ethyl adjacent to an activating group) is 1. The summed E-state index contributed by atoms with van der Waals surface area (Å²) in [5.74, 6) is -0.831. The third-order valence-electron chi connectivity index (χ3n) is 14.3. The molecule has 2 aromatic heterocycles. The molecule has 1 spiro atoms. The number of hydrogen-bond donors (Lipinski definition) is 3. The van der Waals surface area contributed by atoms with E-state index in [2.05, 4.69) is 35.6 Å². The van der Waals surface area contributed by atoms with Crippen molar-refractivity contribution < 1.29 is 33.0 Å². The van der Waals surface area contributed by atoms with Crippen molar-refractivity contribution >= 4 is 69.3 Å². The standard InChI is InChI=1S/C47H54ClFN10O7/c1-26(2)59-35-6-4-28(16-27(35)17-38(45(59)64)65-22-40(61)50-3)52-42-34(48)20-51-46(54-42)55-13-10-30(11-14-55)66-31-18-29(19-31)57-24-47(25-57)12-15-56(23-47)36-7-5-32-33(41(36)49)21-58(44(32)63)37-8-9-39(60)53-43(37)62/h4-7,16-17,20,26,29-31,37H,8-15,18-19,21-25H2,1-3H3,(H,50,61)(H,51,52,54)(H,53,60,62). The molecule has 6 aliphatic rings. The SMILES string of the molecule is CNC(=O)COc1cc2cc(Nc3nc(N4CCC(OC5CC(N6CC7(CCN(c8ccc9c(c8F)CN(C8CCC(=O)NC8=O)C9=O)C7)C6)C5)CC4)ncc3Cl)ccc2n(C(C)C)c1=O. The normalized spacial score (nSPS) is 23.0. The molecule has 17 nitrogen and oxygen atoms in total. The van der Waals surface area contributed by atoms with Crippen molar-refractivity contribution in [1.82, 2.24) is 35.0 Å². The molecule has 2 aromatic carbocycles. The lowest BCUT2D eigenvalue weighted by atomic mass is 9.74. The molecular weight excluding hydrogens is 871 g/mol. The number of fused-ring (bicyclic) bond motifs is 2. The fraction of sp³-hybridized carbons (Fsp3) is 0.511. The van der Waals surface area contributed by atoms with Gasteiger partial charge in [-0.3, -0.25) is 34.2 Å². The molecule has 3 N–H and O–H groups in total. The molecule has 5 aliphatic heterocycles. The zero-order valence-electron chi connectivity index (χ0n) is 37.3. The Hall–Kier alpha value is -5.85. The largest absolute Gasteiger partial charge is 0.478 e. The van der Waals surface area contributed by atoms with Crippen LogP contribution in [0.4, 0.5) is 27.5 Å². The Morgan fingerprint density at radius 1 is 1.00 bits per heavy atom. The van der Waals surface area contributed by atoms with Gasteiger partial charge in [-0.1, -0.05) is 11.6 Å². The number of rotatable bonds is 12. The quantitative estimate of drug-likeness (QED) is 0.169. The van der Waals surface area contributed by atoms with Crippen LogP contribution in [-0.2, 0) is 25.7 Å². The second-order valence-corrected chi connectivity index (χ2v) is 19.4. The molecule has 10 rings (SSSR count). The molecule has 348 valence electrons. The number of nitrogens with zero attached hydrogens (tertiary/aromatic N) is 7. The molecule has 7 heterocycles. The molecule has 1 saturated carbocycles. The lowest BCUT2D eigenvalue weighted by molar-refractivity contribution is -0.137. The molecule has 1 unspecified atom stereocenters. The van der Waals surface area contributed by atoms with E-state index in [-0.39, 0.29) is 78.7 Å². The fourth-order valence-electron chi connectivity index (χ4n) is 10.7. The molecule has 1 atom stereocenters. The fourth-order valence-corrected chi connectivity index (χ4v) is 10.8. The van der Waals surface area contributed by atoms with Gasteiger partial charge in [-0.15, -0.1) is 0 Å². The predicted octanol–water partition coefficient (Wildman–Crippen LogP) is 4.52. The topological polar surface area (TPSA) is 184 Å². The van der Waals surface area contributed by atoms with Gasteiger partial charge in [0.2, 0.25) is 17.8 Å². The minimum Gasteiger partial charge on any atom is -0.478 e. The first-order chi connectivity index (χ1) is 31.8. The Morgan fingerprint density at radius 3 is 2.53 bits per heavy atom. The maximum atomic E-state index is 16.1. The summed E-state index contributed by atoms with van der Waals surface area (Å²) in [4.78, 5) is 80.0. The number of imide groups is 1. The van der Waals surface area contributed by atoms with Gasteiger partial charge in [-0.05, 0) is 88.8 Å². The number of carbonyl (C=O) groups is 4. The number of piperidine rings is 2. The van der Waals surface area contributed by atoms with E-state index in [4.69, 9.17) is 26.1 Å². The molecule has 1 aliphatic carbocycles. The van der Waals surface area contributed by atoms with E-state index in [9.17, 15) is 24.0 Å². The van der Waals surface area contributed by atoms with Crippen LogP contribution >= 0.6 is 11.6 Å². The van der Waals surface area contributed by atoms with Crippen molar-refractivity contribution in [2.45, 2.75) is 95.7 Å². The van der Waals surface area contributed by atoms with Crippen LogP contribution in [0.3, 0.4) is 0 Å². The lowest BCUT2D eigenvalue weighted by Gasteiger charge is -2.56. The van der Waals surface area contributed by atoms with Crippen LogP contribution in [0.5, 0.6) is 5.75 Å². The van der Waals surface area contributed by atoms with Gasteiger partial charge in [0, 0.05) is 92.4 Å². The number of carbonyl (C=O) groups excluding carboxylic acids is 4. The minimum atomic E-state index is -0.776. The van der Waals surface area contributed by atoms with Crippen LogP contribution < -0.4 is 36.0 Å². The Kier molecular flexibility index (Phi) is 11.6. The summed E-state index contributed by atoms with van der Waals surface area (Å²) in [6, 6.07) is 10.2. The molecule has 0 bridgehead atoms. The van der Waals surface area contributed by atoms with Crippen molar-refractivity contribution in [3.63, 3.8) is 0 Å². The Morgan fingerprint density at radius 2 is 1.79 bits per heavy atom. The second kappa shape index (κ2) is 17.4.